The highest BCUT2D eigenvalue weighted by molar-refractivity contribution is 5.85. The van der Waals surface area contributed by atoms with E-state index in [1.807, 2.05) is 0 Å². The average molecular weight is 259 g/mol. The van der Waals surface area contributed by atoms with E-state index in [0.29, 0.717) is 0 Å². The van der Waals surface area contributed by atoms with Gasteiger partial charge in [0.25, 0.3) is 0 Å². The molecule has 1 rings (SSSR count). The quantitative estimate of drug-likeness (QED) is 0.740. The van der Waals surface area contributed by atoms with Crippen LogP contribution in [0.15, 0.2) is 0 Å². The van der Waals surface area contributed by atoms with Crippen molar-refractivity contribution in [2.45, 2.75) is 38.8 Å². The summed E-state index contributed by atoms with van der Waals surface area (Å²) in [6.07, 6.45) is 0. The molecule has 0 spiro atoms. The maximum Gasteiger partial charge on any atom is 0.311 e. The van der Waals surface area contributed by atoms with Crippen LogP contribution < -0.4 is 0 Å². The van der Waals surface area contributed by atoms with Gasteiger partial charge in [-0.05, 0) is 27.7 Å². The number of hydroxylamine groups is 2. The molecule has 1 N–H and O–H groups in total. The molecule has 1 aliphatic rings. The van der Waals surface area contributed by atoms with Gasteiger partial charge in [-0.2, -0.15) is 5.06 Å². The van der Waals surface area contributed by atoms with Gasteiger partial charge in [-0.15, -0.1) is 0 Å². The molecule has 0 aromatic heterocycles. The van der Waals surface area contributed by atoms with Gasteiger partial charge in [0.15, 0.2) is 0 Å². The molecule has 0 radical (unpaired) electrons. The molecule has 0 saturated carbocycles. The minimum absolute atomic E-state index is 0.528. The lowest BCUT2D eigenvalue weighted by atomic mass is 9.77. The summed E-state index contributed by atoms with van der Waals surface area (Å²) in [6.45, 7) is 6.77. The third kappa shape index (κ3) is 1.89. The first kappa shape index (κ1) is 14.9. The summed E-state index contributed by atoms with van der Waals surface area (Å²) in [5, 5.41) is 11.3. The van der Waals surface area contributed by atoms with Gasteiger partial charge in [-0.1, -0.05) is 0 Å². The van der Waals surface area contributed by atoms with Crippen LogP contribution in [0.3, 0.4) is 0 Å². The number of methoxy groups -OCH3 is 2. The summed E-state index contributed by atoms with van der Waals surface area (Å²) in [6, 6.07) is 0. The zero-order chi connectivity index (χ0) is 14.3. The van der Waals surface area contributed by atoms with Crippen LogP contribution in [0.4, 0.5) is 0 Å². The molecule has 0 bridgehead atoms. The van der Waals surface area contributed by atoms with Crippen LogP contribution in [0.1, 0.15) is 27.7 Å². The summed E-state index contributed by atoms with van der Waals surface area (Å²) < 4.78 is 9.50. The second-order valence-electron chi connectivity index (χ2n) is 5.62. The van der Waals surface area contributed by atoms with E-state index in [9.17, 15) is 14.8 Å². The molecule has 1 heterocycles. The van der Waals surface area contributed by atoms with Crippen molar-refractivity contribution in [3.8, 4) is 0 Å². The lowest BCUT2D eigenvalue weighted by molar-refractivity contribution is -0.203. The Hall–Kier alpha value is -1.14. The lowest BCUT2D eigenvalue weighted by Gasteiger charge is -2.35. The van der Waals surface area contributed by atoms with E-state index in [1.165, 1.54) is 14.2 Å². The van der Waals surface area contributed by atoms with E-state index in [0.717, 1.165) is 5.06 Å². The molecule has 18 heavy (non-hydrogen) atoms. The first-order chi connectivity index (χ1) is 8.12. The van der Waals surface area contributed by atoms with E-state index in [4.69, 9.17) is 9.47 Å². The van der Waals surface area contributed by atoms with Crippen LogP contribution in [0.2, 0.25) is 0 Å². The molecule has 6 nitrogen and oxygen atoms in total. The smallest absolute Gasteiger partial charge is 0.311 e. The monoisotopic (exact) mass is 259 g/mol. The molecular formula is C12H21NO5. The molecule has 1 aliphatic heterocycles. The topological polar surface area (TPSA) is 76.1 Å². The molecule has 0 aromatic rings. The predicted octanol–water partition coefficient (Wildman–Crippen LogP) is 0.827. The first-order valence-corrected chi connectivity index (χ1v) is 5.77. The van der Waals surface area contributed by atoms with Crippen LogP contribution in [0, 0.1) is 11.8 Å². The van der Waals surface area contributed by atoms with Crippen LogP contribution in [-0.2, 0) is 19.1 Å². The molecule has 1 fully saturated rings. The van der Waals surface area contributed by atoms with E-state index < -0.39 is 34.9 Å². The van der Waals surface area contributed by atoms with Crippen LogP contribution in [-0.4, -0.2) is 47.5 Å². The SMILES string of the molecule is COC(=O)C1C(C(=O)OC)C(C)(C)N(O)C1(C)C. The number of ether oxygens (including phenoxy) is 2. The van der Waals surface area contributed by atoms with Crippen LogP contribution in [0.25, 0.3) is 0 Å². The van der Waals surface area contributed by atoms with E-state index in [2.05, 4.69) is 0 Å². The standard InChI is InChI=1S/C12H21NO5/c1-11(2)7(9(14)17-5)8(10(15)18-6)12(3,4)13(11)16/h7-8,16H,1-6H3. The molecule has 2 unspecified atom stereocenters. The van der Waals surface area contributed by atoms with Crippen LogP contribution >= 0.6 is 0 Å². The normalized spacial score (nSPS) is 29.9. The fourth-order valence-electron chi connectivity index (χ4n) is 2.92. The highest BCUT2D eigenvalue weighted by atomic mass is 16.5. The van der Waals surface area contributed by atoms with E-state index in [1.54, 1.807) is 27.7 Å². The summed E-state index contributed by atoms with van der Waals surface area (Å²) in [7, 11) is 2.53. The Morgan fingerprint density at radius 1 is 0.944 bits per heavy atom. The summed E-state index contributed by atoms with van der Waals surface area (Å²) in [5.74, 6) is -2.62. The zero-order valence-corrected chi connectivity index (χ0v) is 11.7. The van der Waals surface area contributed by atoms with Gasteiger partial charge in [0.05, 0.1) is 37.1 Å². The van der Waals surface area contributed by atoms with Crippen molar-refractivity contribution < 1.29 is 24.3 Å². The molecule has 0 aliphatic carbocycles. The third-order valence-electron chi connectivity index (χ3n) is 3.86. The van der Waals surface area contributed by atoms with Gasteiger partial charge in [-0.3, -0.25) is 9.59 Å². The van der Waals surface area contributed by atoms with Crippen molar-refractivity contribution in [3.63, 3.8) is 0 Å². The van der Waals surface area contributed by atoms with Gasteiger partial charge in [-0.25, -0.2) is 0 Å². The van der Waals surface area contributed by atoms with Crippen molar-refractivity contribution in [2.75, 3.05) is 14.2 Å². The van der Waals surface area contributed by atoms with Crippen LogP contribution in [0.5, 0.6) is 0 Å². The zero-order valence-electron chi connectivity index (χ0n) is 11.7. The van der Waals surface area contributed by atoms with Gasteiger partial charge in [0, 0.05) is 0 Å². The maximum absolute atomic E-state index is 11.9. The summed E-state index contributed by atoms with van der Waals surface area (Å²) in [4.78, 5) is 23.9. The van der Waals surface area contributed by atoms with E-state index in [-0.39, 0.29) is 0 Å². The molecule has 0 aromatic carbocycles. The third-order valence-corrected chi connectivity index (χ3v) is 3.86. The first-order valence-electron chi connectivity index (χ1n) is 5.77. The molecule has 2 atom stereocenters. The van der Waals surface area contributed by atoms with Crippen molar-refractivity contribution in [1.82, 2.24) is 5.06 Å². The molecule has 1 saturated heterocycles. The fraction of sp³-hybridized carbons (Fsp3) is 0.833. The van der Waals surface area contributed by atoms with Crippen molar-refractivity contribution in [1.29, 1.82) is 0 Å². The Labute approximate surface area is 107 Å². The molecular weight excluding hydrogens is 238 g/mol. The van der Waals surface area contributed by atoms with E-state index >= 15 is 0 Å². The number of carbonyl (C=O) groups is 2. The number of hydrogen-bond acceptors (Lipinski definition) is 6. The molecule has 6 heteroatoms. The van der Waals surface area contributed by atoms with Gasteiger partial charge in [0.2, 0.25) is 0 Å². The van der Waals surface area contributed by atoms with Gasteiger partial charge < -0.3 is 14.7 Å². The maximum atomic E-state index is 11.9. The predicted molar refractivity (Wildman–Crippen MR) is 62.8 cm³/mol. The van der Waals surface area contributed by atoms with Crippen molar-refractivity contribution in [2.24, 2.45) is 11.8 Å². The average Bonchev–Trinajstić information content (AvgIpc) is 2.45. The number of nitrogens with zero attached hydrogens (tertiary/aromatic N) is 1. The number of rotatable bonds is 2. The molecule has 104 valence electrons. The summed E-state index contributed by atoms with van der Waals surface area (Å²) >= 11 is 0. The van der Waals surface area contributed by atoms with Crippen molar-refractivity contribution >= 4 is 11.9 Å². The number of hydrogen-bond donors (Lipinski definition) is 1. The second-order valence-corrected chi connectivity index (χ2v) is 5.62. The minimum Gasteiger partial charge on any atom is -0.469 e. The number of esters is 2. The highest BCUT2D eigenvalue weighted by Gasteiger charge is 2.64. The lowest BCUT2D eigenvalue weighted by Crippen LogP contribution is -2.49. The minimum atomic E-state index is -0.907. The molecule has 0 amide bonds. The summed E-state index contributed by atoms with van der Waals surface area (Å²) in [5.41, 5.74) is -1.81. The Kier molecular flexibility index (Phi) is 3.74. The second kappa shape index (κ2) is 4.51. The van der Waals surface area contributed by atoms with Gasteiger partial charge in [0.1, 0.15) is 0 Å². The Balaban J connectivity index is 3.33. The van der Waals surface area contributed by atoms with Gasteiger partial charge >= 0.3 is 11.9 Å². The fourth-order valence-corrected chi connectivity index (χ4v) is 2.92. The number of carbonyl (C=O) groups excluding carboxylic acids is 2. The highest BCUT2D eigenvalue weighted by Crippen LogP contribution is 2.48. The Bertz CT molecular complexity index is 329. The van der Waals surface area contributed by atoms with Crippen molar-refractivity contribution in [3.05, 3.63) is 0 Å². The Morgan fingerprint density at radius 2 is 1.22 bits per heavy atom. The Morgan fingerprint density at radius 3 is 1.44 bits per heavy atom. The largest absolute Gasteiger partial charge is 0.469 e.